The number of fused-ring (bicyclic) bond motifs is 4. The lowest BCUT2D eigenvalue weighted by Crippen LogP contribution is -2.74. The molecule has 6 aliphatic heterocycles. The summed E-state index contributed by atoms with van der Waals surface area (Å²) < 4.78 is 52.7. The van der Waals surface area contributed by atoms with Gasteiger partial charge in [0.05, 0.1) is 32.5 Å². The fraction of sp³-hybridized carbons (Fsp3) is 1.00. The Balaban J connectivity index is 1.12. The maximum Gasteiger partial charge on any atom is 0.213 e. The molecule has 0 radical (unpaired) electrons. The standard InChI is InChI=1S/C36H63NO19/c1-2-3-4-5-6-7-8-9-10-11-20(37)36(32(46)23(42)21(40)17(13-39)55-36)56-28-19-15-49-31(28)26(45)35(52-19)54-29-22(41)16(12-38)51-34(25(29)44)53-27-18-14-48-30(27)24(43)33(47)50-18/h16-35,38-47H,2-15,37H2,1H3/t16-,17-,18+,19+,20?,21+,22-,23+,24+,25-,26+,27+,28+,29+,30+,31+,32-,33-,34+,35+,36+/m1/s1. The van der Waals surface area contributed by atoms with E-state index in [1.54, 1.807) is 0 Å². The molecule has 1 unspecified atom stereocenters. The van der Waals surface area contributed by atoms with Crippen molar-refractivity contribution in [3.8, 4) is 0 Å². The second-order valence-electron chi connectivity index (χ2n) is 15.9. The van der Waals surface area contributed by atoms with Crippen molar-refractivity contribution in [2.75, 3.05) is 26.4 Å². The second kappa shape index (κ2) is 19.7. The molecular formula is C36H63NO19. The Morgan fingerprint density at radius 2 is 1.18 bits per heavy atom. The molecule has 12 N–H and O–H groups in total. The van der Waals surface area contributed by atoms with E-state index in [1.165, 1.54) is 25.7 Å². The van der Waals surface area contributed by atoms with Crippen molar-refractivity contribution >= 4 is 0 Å². The summed E-state index contributed by atoms with van der Waals surface area (Å²) in [5.74, 6) is -2.18. The molecule has 0 saturated carbocycles. The topological polar surface area (TPSA) is 311 Å². The number of aliphatic hydroxyl groups excluding tert-OH is 10. The van der Waals surface area contributed by atoms with Gasteiger partial charge in [-0.15, -0.1) is 0 Å². The van der Waals surface area contributed by atoms with E-state index in [0.29, 0.717) is 6.42 Å². The van der Waals surface area contributed by atoms with Crippen molar-refractivity contribution in [2.45, 2.75) is 199 Å². The van der Waals surface area contributed by atoms with Crippen molar-refractivity contribution in [2.24, 2.45) is 5.73 Å². The van der Waals surface area contributed by atoms with Gasteiger partial charge in [0.1, 0.15) is 97.7 Å². The third kappa shape index (κ3) is 9.10. The van der Waals surface area contributed by atoms with Crippen molar-refractivity contribution < 1.29 is 93.7 Å². The minimum absolute atomic E-state index is 0.0277. The van der Waals surface area contributed by atoms with E-state index in [9.17, 15) is 51.1 Å². The predicted octanol–water partition coefficient (Wildman–Crippen LogP) is -4.04. The van der Waals surface area contributed by atoms with Gasteiger partial charge in [0, 0.05) is 0 Å². The predicted molar refractivity (Wildman–Crippen MR) is 186 cm³/mol. The summed E-state index contributed by atoms with van der Waals surface area (Å²) in [7, 11) is 0. The Bertz CT molecular complexity index is 1210. The smallest absolute Gasteiger partial charge is 0.213 e. The number of ether oxygens (including phenoxy) is 9. The minimum atomic E-state index is -2.18. The van der Waals surface area contributed by atoms with Gasteiger partial charge in [0.15, 0.2) is 18.9 Å². The van der Waals surface area contributed by atoms with Gasteiger partial charge in [-0.2, -0.15) is 0 Å². The van der Waals surface area contributed by atoms with Gasteiger partial charge < -0.3 is 99.4 Å². The van der Waals surface area contributed by atoms with Crippen molar-refractivity contribution in [1.29, 1.82) is 0 Å². The first-order valence-electron chi connectivity index (χ1n) is 20.1. The molecule has 0 spiro atoms. The molecule has 6 fully saturated rings. The van der Waals surface area contributed by atoms with Crippen LogP contribution in [0.25, 0.3) is 0 Å². The molecule has 0 aromatic rings. The van der Waals surface area contributed by atoms with Crippen LogP contribution in [0.1, 0.15) is 71.1 Å². The molecule has 4 bridgehead atoms. The average molecular weight is 814 g/mol. The Morgan fingerprint density at radius 1 is 0.607 bits per heavy atom. The first-order chi connectivity index (χ1) is 26.9. The van der Waals surface area contributed by atoms with Gasteiger partial charge in [-0.3, -0.25) is 0 Å². The summed E-state index contributed by atoms with van der Waals surface area (Å²) in [6.45, 7) is 0.536. The van der Waals surface area contributed by atoms with E-state index >= 15 is 0 Å². The van der Waals surface area contributed by atoms with Crippen LogP contribution >= 0.6 is 0 Å². The van der Waals surface area contributed by atoms with Crippen LogP contribution in [-0.2, 0) is 42.6 Å². The Kier molecular flexibility index (Phi) is 15.8. The molecule has 326 valence electrons. The molecular weight excluding hydrogens is 750 g/mol. The van der Waals surface area contributed by atoms with Gasteiger partial charge in [-0.05, 0) is 6.42 Å². The molecule has 6 aliphatic rings. The molecule has 0 amide bonds. The zero-order valence-corrected chi connectivity index (χ0v) is 31.7. The third-order valence-electron chi connectivity index (χ3n) is 12.0. The Morgan fingerprint density at radius 3 is 1.82 bits per heavy atom. The third-order valence-corrected chi connectivity index (χ3v) is 12.0. The lowest BCUT2D eigenvalue weighted by atomic mass is 9.85. The van der Waals surface area contributed by atoms with Crippen LogP contribution in [0.4, 0.5) is 0 Å². The van der Waals surface area contributed by atoms with Gasteiger partial charge in [0.25, 0.3) is 0 Å². The van der Waals surface area contributed by atoms with Gasteiger partial charge >= 0.3 is 0 Å². The monoisotopic (exact) mass is 813 g/mol. The van der Waals surface area contributed by atoms with E-state index in [1.807, 2.05) is 0 Å². The first kappa shape index (κ1) is 44.7. The Labute approximate surface area is 325 Å². The summed E-state index contributed by atoms with van der Waals surface area (Å²) in [5, 5.41) is 107. The normalized spacial score (nSPS) is 48.3. The van der Waals surface area contributed by atoms with Gasteiger partial charge in [-0.1, -0.05) is 64.7 Å². The molecule has 20 heteroatoms. The van der Waals surface area contributed by atoms with Crippen LogP contribution in [0.3, 0.4) is 0 Å². The van der Waals surface area contributed by atoms with Crippen LogP contribution in [0.5, 0.6) is 0 Å². The highest BCUT2D eigenvalue weighted by Gasteiger charge is 2.63. The molecule has 56 heavy (non-hydrogen) atoms. The molecule has 0 aromatic heterocycles. The summed E-state index contributed by atoms with van der Waals surface area (Å²) in [6.07, 6.45) is -17.5. The summed E-state index contributed by atoms with van der Waals surface area (Å²) in [5.41, 5.74) is 6.69. The Hall–Kier alpha value is -0.800. The molecule has 6 heterocycles. The van der Waals surface area contributed by atoms with E-state index < -0.39 is 142 Å². The highest BCUT2D eigenvalue weighted by molar-refractivity contribution is 5.06. The number of nitrogens with two attached hydrogens (primary N) is 1. The van der Waals surface area contributed by atoms with Crippen molar-refractivity contribution in [3.05, 3.63) is 0 Å². The molecule has 21 atom stereocenters. The maximum absolute atomic E-state index is 11.5. The van der Waals surface area contributed by atoms with Crippen LogP contribution in [0, 0.1) is 0 Å². The van der Waals surface area contributed by atoms with Crippen molar-refractivity contribution in [3.63, 3.8) is 0 Å². The van der Waals surface area contributed by atoms with E-state index in [2.05, 4.69) is 6.92 Å². The average Bonchev–Trinajstić information content (AvgIpc) is 3.67. The first-order valence-corrected chi connectivity index (χ1v) is 20.1. The number of aliphatic hydroxyl groups is 10. The van der Waals surface area contributed by atoms with Crippen LogP contribution in [-0.4, -0.2) is 206 Å². The highest BCUT2D eigenvalue weighted by atomic mass is 16.8. The molecule has 6 saturated heterocycles. The second-order valence-corrected chi connectivity index (χ2v) is 15.9. The summed E-state index contributed by atoms with van der Waals surface area (Å²) >= 11 is 0. The van der Waals surface area contributed by atoms with E-state index in [-0.39, 0.29) is 19.6 Å². The summed E-state index contributed by atoms with van der Waals surface area (Å²) in [6, 6.07) is -1.08. The maximum atomic E-state index is 11.5. The summed E-state index contributed by atoms with van der Waals surface area (Å²) in [4.78, 5) is 0. The zero-order valence-electron chi connectivity index (χ0n) is 31.7. The quantitative estimate of drug-likeness (QED) is 0.0553. The van der Waals surface area contributed by atoms with Crippen molar-refractivity contribution in [1.82, 2.24) is 0 Å². The van der Waals surface area contributed by atoms with Crippen LogP contribution in [0.15, 0.2) is 0 Å². The molecule has 0 aromatic carbocycles. The zero-order chi connectivity index (χ0) is 40.3. The molecule has 6 rings (SSSR count). The number of unbranched alkanes of at least 4 members (excludes halogenated alkanes) is 8. The minimum Gasteiger partial charge on any atom is -0.394 e. The highest BCUT2D eigenvalue weighted by Crippen LogP contribution is 2.42. The molecule has 20 nitrogen and oxygen atoms in total. The number of rotatable bonds is 19. The fourth-order valence-electron chi connectivity index (χ4n) is 8.67. The van der Waals surface area contributed by atoms with E-state index in [0.717, 1.165) is 25.7 Å². The van der Waals surface area contributed by atoms with Crippen LogP contribution in [0.2, 0.25) is 0 Å². The van der Waals surface area contributed by atoms with Gasteiger partial charge in [-0.25, -0.2) is 0 Å². The molecule has 0 aliphatic carbocycles. The van der Waals surface area contributed by atoms with Gasteiger partial charge in [0.2, 0.25) is 5.79 Å². The number of hydrogen-bond acceptors (Lipinski definition) is 20. The van der Waals surface area contributed by atoms with E-state index in [4.69, 9.17) is 48.4 Å². The lowest BCUT2D eigenvalue weighted by Gasteiger charge is -2.53. The lowest BCUT2D eigenvalue weighted by molar-refractivity contribution is -0.404. The number of hydrogen-bond donors (Lipinski definition) is 11. The largest absolute Gasteiger partial charge is 0.394 e. The SMILES string of the molecule is CCCCCCCCCCCC(N)[C@@]1(O[C@@H]2[C@H]3OC[C@@H]2O[C@@H](O[C@@H]2[C@@H](O)[C@H](O[C@@H]4[C@H]5OC[C@@H]4O[C@@H](O)[C@H]5O)O[C@H](CO)[C@H]2O)[C@H]3O)O[C@H](CO)[C@H](O)[C@H](O)[C@H]1O. The fourth-order valence-corrected chi connectivity index (χ4v) is 8.67. The van der Waals surface area contributed by atoms with Crippen LogP contribution < -0.4 is 5.73 Å².